The minimum atomic E-state index is -4.76. The van der Waals surface area contributed by atoms with Gasteiger partial charge in [-0.3, -0.25) is 4.98 Å². The fraction of sp³-hybridized carbons (Fsp3) is 0.500. The fourth-order valence-corrected chi connectivity index (χ4v) is 6.10. The first-order chi connectivity index (χ1) is 16.3. The second-order valence-corrected chi connectivity index (χ2v) is 12.0. The van der Waals surface area contributed by atoms with Gasteiger partial charge in [0.15, 0.2) is 15.9 Å². The van der Waals surface area contributed by atoms with Crippen LogP contribution in [0.25, 0.3) is 0 Å². The monoisotopic (exact) mass is 510 g/mol. The SMILES string of the molecule is CN(C(=O)N1CCS(=O)(=O)CC1)C(c1ccc(NC2Cc3ccccc3C2(C)C)cn1)C(F)(F)F. The summed E-state index contributed by atoms with van der Waals surface area (Å²) >= 11 is 0. The first-order valence-corrected chi connectivity index (χ1v) is 13.2. The number of urea groups is 1. The second-order valence-electron chi connectivity index (χ2n) is 9.73. The number of carbonyl (C=O) groups excluding carboxylic acids is 1. The van der Waals surface area contributed by atoms with Crippen LogP contribution in [0.3, 0.4) is 0 Å². The van der Waals surface area contributed by atoms with Crippen LogP contribution in [0.4, 0.5) is 23.7 Å². The van der Waals surface area contributed by atoms with Crippen molar-refractivity contribution in [3.8, 4) is 0 Å². The van der Waals surface area contributed by atoms with E-state index in [2.05, 4.69) is 36.3 Å². The molecule has 2 aromatic rings. The van der Waals surface area contributed by atoms with Gasteiger partial charge in [-0.1, -0.05) is 38.1 Å². The summed E-state index contributed by atoms with van der Waals surface area (Å²) in [7, 11) is -2.21. The van der Waals surface area contributed by atoms with Crippen LogP contribution in [0.5, 0.6) is 0 Å². The number of anilines is 1. The molecular formula is C24H29F3N4O3S. The molecule has 0 saturated carbocycles. The number of fused-ring (bicyclic) bond motifs is 1. The zero-order chi connectivity index (χ0) is 25.6. The summed E-state index contributed by atoms with van der Waals surface area (Å²) in [5, 5.41) is 3.40. The number of nitrogens with one attached hydrogen (secondary N) is 1. The molecule has 2 heterocycles. The lowest BCUT2D eigenvalue weighted by Crippen LogP contribution is -2.51. The van der Waals surface area contributed by atoms with Crippen molar-refractivity contribution in [2.45, 2.75) is 43.9 Å². The predicted octanol–water partition coefficient (Wildman–Crippen LogP) is 3.78. The summed E-state index contributed by atoms with van der Waals surface area (Å²) in [6.07, 6.45) is -2.61. The molecule has 1 aliphatic heterocycles. The third kappa shape index (κ3) is 5.10. The molecular weight excluding hydrogens is 481 g/mol. The number of carbonyl (C=O) groups is 1. The van der Waals surface area contributed by atoms with E-state index in [1.165, 1.54) is 23.4 Å². The largest absolute Gasteiger partial charge is 0.414 e. The molecule has 11 heteroatoms. The maximum atomic E-state index is 14.0. The maximum Gasteiger partial charge on any atom is 0.414 e. The van der Waals surface area contributed by atoms with Crippen LogP contribution >= 0.6 is 0 Å². The topological polar surface area (TPSA) is 82.6 Å². The summed E-state index contributed by atoms with van der Waals surface area (Å²) in [5.74, 6) is -0.521. The number of aromatic nitrogens is 1. The van der Waals surface area contributed by atoms with Crippen LogP contribution in [-0.2, 0) is 21.7 Å². The van der Waals surface area contributed by atoms with E-state index in [4.69, 9.17) is 0 Å². The zero-order valence-corrected chi connectivity index (χ0v) is 20.7. The molecule has 0 bridgehead atoms. The number of benzene rings is 1. The summed E-state index contributed by atoms with van der Waals surface area (Å²) in [5.41, 5.74) is 2.60. The van der Waals surface area contributed by atoms with Gasteiger partial charge in [0.25, 0.3) is 0 Å². The van der Waals surface area contributed by atoms with Crippen molar-refractivity contribution in [3.05, 3.63) is 59.4 Å². The third-order valence-corrected chi connectivity index (χ3v) is 8.64. The van der Waals surface area contributed by atoms with E-state index < -0.39 is 28.1 Å². The Balaban J connectivity index is 1.50. The van der Waals surface area contributed by atoms with Crippen LogP contribution in [-0.4, -0.2) is 73.1 Å². The quantitative estimate of drug-likeness (QED) is 0.677. The molecule has 1 fully saturated rings. The van der Waals surface area contributed by atoms with Gasteiger partial charge in [0, 0.05) is 31.6 Å². The molecule has 1 saturated heterocycles. The molecule has 4 rings (SSSR count). The van der Waals surface area contributed by atoms with Crippen LogP contribution in [0, 0.1) is 0 Å². The smallest absolute Gasteiger partial charge is 0.380 e. The molecule has 0 radical (unpaired) electrons. The number of hydrogen-bond acceptors (Lipinski definition) is 5. The Morgan fingerprint density at radius 2 is 1.83 bits per heavy atom. The highest BCUT2D eigenvalue weighted by atomic mass is 32.2. The number of alkyl halides is 3. The number of sulfone groups is 1. The Hall–Kier alpha value is -2.82. The van der Waals surface area contributed by atoms with Crippen molar-refractivity contribution >= 4 is 21.6 Å². The fourth-order valence-electron chi connectivity index (χ4n) is 4.90. The number of amides is 2. The van der Waals surface area contributed by atoms with Gasteiger partial charge >= 0.3 is 12.2 Å². The normalized spacial score (nSPS) is 21.8. The molecule has 1 N–H and O–H groups in total. The number of halogens is 3. The Morgan fingerprint density at radius 1 is 1.17 bits per heavy atom. The highest BCUT2D eigenvalue weighted by molar-refractivity contribution is 7.91. The van der Waals surface area contributed by atoms with Crippen molar-refractivity contribution in [1.29, 1.82) is 0 Å². The molecule has 1 aromatic heterocycles. The van der Waals surface area contributed by atoms with Gasteiger partial charge in [0.1, 0.15) is 0 Å². The number of rotatable bonds is 4. The van der Waals surface area contributed by atoms with Gasteiger partial charge in [0.05, 0.1) is 29.1 Å². The van der Waals surface area contributed by atoms with Crippen molar-refractivity contribution in [1.82, 2.24) is 14.8 Å². The summed E-state index contributed by atoms with van der Waals surface area (Å²) in [6.45, 7) is 3.99. The molecule has 35 heavy (non-hydrogen) atoms. The molecule has 2 amide bonds. The highest BCUT2D eigenvalue weighted by Gasteiger charge is 2.47. The average molecular weight is 511 g/mol. The van der Waals surface area contributed by atoms with E-state index in [0.717, 1.165) is 18.4 Å². The summed E-state index contributed by atoms with van der Waals surface area (Å²) < 4.78 is 65.3. The molecule has 190 valence electrons. The molecule has 2 aliphatic rings. The second kappa shape index (κ2) is 9.00. The van der Waals surface area contributed by atoms with Crippen LogP contribution in [0.15, 0.2) is 42.6 Å². The van der Waals surface area contributed by atoms with Gasteiger partial charge in [-0.15, -0.1) is 0 Å². The molecule has 0 spiro atoms. The first kappa shape index (κ1) is 25.3. The van der Waals surface area contributed by atoms with Crippen LogP contribution in [0.1, 0.15) is 36.7 Å². The Morgan fingerprint density at radius 3 is 2.40 bits per heavy atom. The lowest BCUT2D eigenvalue weighted by molar-refractivity contribution is -0.177. The lowest BCUT2D eigenvalue weighted by Gasteiger charge is -2.35. The van der Waals surface area contributed by atoms with Gasteiger partial charge in [-0.2, -0.15) is 13.2 Å². The Kier molecular flexibility index (Phi) is 6.50. The van der Waals surface area contributed by atoms with Gasteiger partial charge in [0.2, 0.25) is 0 Å². The average Bonchev–Trinajstić information content (AvgIpc) is 3.03. The zero-order valence-electron chi connectivity index (χ0n) is 19.8. The molecule has 7 nitrogen and oxygen atoms in total. The highest BCUT2D eigenvalue weighted by Crippen LogP contribution is 2.40. The van der Waals surface area contributed by atoms with Gasteiger partial charge in [-0.05, 0) is 29.7 Å². The van der Waals surface area contributed by atoms with E-state index in [1.54, 1.807) is 6.07 Å². The minimum Gasteiger partial charge on any atom is -0.380 e. The van der Waals surface area contributed by atoms with E-state index in [1.807, 2.05) is 12.1 Å². The first-order valence-electron chi connectivity index (χ1n) is 11.4. The molecule has 1 aromatic carbocycles. The van der Waals surface area contributed by atoms with E-state index in [-0.39, 0.29) is 41.7 Å². The molecule has 1 aliphatic carbocycles. The van der Waals surface area contributed by atoms with Crippen molar-refractivity contribution in [2.75, 3.05) is 37.0 Å². The minimum absolute atomic E-state index is 0.0468. The van der Waals surface area contributed by atoms with Crippen molar-refractivity contribution in [2.24, 2.45) is 0 Å². The summed E-state index contributed by atoms with van der Waals surface area (Å²) in [4.78, 5) is 18.6. The van der Waals surface area contributed by atoms with E-state index in [0.29, 0.717) is 10.6 Å². The summed E-state index contributed by atoms with van der Waals surface area (Å²) in [6, 6.07) is 7.90. The maximum absolute atomic E-state index is 14.0. The Bertz CT molecular complexity index is 1190. The van der Waals surface area contributed by atoms with E-state index in [9.17, 15) is 26.4 Å². The number of nitrogens with zero attached hydrogens (tertiary/aromatic N) is 3. The lowest BCUT2D eigenvalue weighted by atomic mass is 9.83. The van der Waals surface area contributed by atoms with Crippen LogP contribution in [0.2, 0.25) is 0 Å². The number of hydrogen-bond donors (Lipinski definition) is 1. The Labute approximate surface area is 203 Å². The van der Waals surface area contributed by atoms with Crippen LogP contribution < -0.4 is 5.32 Å². The van der Waals surface area contributed by atoms with Crippen molar-refractivity contribution in [3.63, 3.8) is 0 Å². The molecule has 2 atom stereocenters. The number of pyridine rings is 1. The third-order valence-electron chi connectivity index (χ3n) is 7.03. The standard InChI is InChI=1S/C24H29F3N4O3S/c1-23(2)18-7-5-4-6-16(18)14-20(23)29-17-8-9-19(28-15-17)21(24(25,26)27)30(3)22(32)31-10-12-35(33,34)13-11-31/h4-9,15,20-21,29H,10-14H2,1-3H3. The van der Waals surface area contributed by atoms with Crippen molar-refractivity contribution < 1.29 is 26.4 Å². The van der Waals surface area contributed by atoms with E-state index >= 15 is 0 Å². The van der Waals surface area contributed by atoms with Gasteiger partial charge in [-0.25, -0.2) is 13.2 Å². The molecule has 2 unspecified atom stereocenters. The van der Waals surface area contributed by atoms with Gasteiger partial charge < -0.3 is 15.1 Å². The predicted molar refractivity (Wildman–Crippen MR) is 127 cm³/mol.